The van der Waals surface area contributed by atoms with Gasteiger partial charge in [0.15, 0.2) is 12.1 Å². The highest BCUT2D eigenvalue weighted by molar-refractivity contribution is 7.99. The summed E-state index contributed by atoms with van der Waals surface area (Å²) in [5.74, 6) is 0.602. The first-order chi connectivity index (χ1) is 22.8. The van der Waals surface area contributed by atoms with Crippen molar-refractivity contribution in [2.45, 2.75) is 47.1 Å². The third-order valence-electron chi connectivity index (χ3n) is 7.66. The number of ether oxygens (including phenoxy) is 2. The molecule has 11 heteroatoms. The molecule has 7 nitrogen and oxygen atoms in total. The average Bonchev–Trinajstić information content (AvgIpc) is 3.55. The van der Waals surface area contributed by atoms with Gasteiger partial charge in [-0.1, -0.05) is 156 Å². The Hall–Kier alpha value is -3.34. The molecule has 1 aliphatic heterocycles. The van der Waals surface area contributed by atoms with Gasteiger partial charge in [-0.2, -0.15) is 0 Å². The van der Waals surface area contributed by atoms with Crippen LogP contribution in [0.15, 0.2) is 119 Å². The SMILES string of the molecule is O=C(NCc1ccc([C@H]2O[C@@H](CSc3nc(-c4ccccc4)c(-c4ccccc4)o3)C[C@@H](c3ccc(CO)cc3)O2)cc1)C(Cl)(Cl)Cl. The number of nitrogens with one attached hydrogen (secondary N) is 1. The van der Waals surface area contributed by atoms with Gasteiger partial charge >= 0.3 is 0 Å². The molecule has 1 fully saturated rings. The maximum Gasteiger partial charge on any atom is 0.272 e. The van der Waals surface area contributed by atoms with E-state index in [1.54, 1.807) is 0 Å². The summed E-state index contributed by atoms with van der Waals surface area (Å²) in [6.45, 7) is 0.169. The summed E-state index contributed by atoms with van der Waals surface area (Å²) in [4.78, 5) is 16.9. The van der Waals surface area contributed by atoms with Gasteiger partial charge in [0.2, 0.25) is 0 Å². The Kier molecular flexibility index (Phi) is 10.9. The summed E-state index contributed by atoms with van der Waals surface area (Å²) in [5.41, 5.74) is 6.18. The van der Waals surface area contributed by atoms with Crippen LogP contribution in [-0.4, -0.2) is 31.6 Å². The van der Waals surface area contributed by atoms with Crippen LogP contribution in [0.3, 0.4) is 0 Å². The van der Waals surface area contributed by atoms with Crippen LogP contribution in [0.1, 0.15) is 41.1 Å². The van der Waals surface area contributed by atoms with Crippen LogP contribution < -0.4 is 5.32 Å². The number of oxazole rings is 1. The highest BCUT2D eigenvalue weighted by Gasteiger charge is 2.33. The van der Waals surface area contributed by atoms with Crippen molar-refractivity contribution in [3.05, 3.63) is 131 Å². The van der Waals surface area contributed by atoms with Crippen molar-refractivity contribution in [3.8, 4) is 22.6 Å². The first kappa shape index (κ1) is 33.6. The predicted octanol–water partition coefficient (Wildman–Crippen LogP) is 8.82. The second kappa shape index (κ2) is 15.3. The number of hydrogen-bond donors (Lipinski definition) is 2. The van der Waals surface area contributed by atoms with E-state index in [1.165, 1.54) is 11.8 Å². The topological polar surface area (TPSA) is 93.8 Å². The molecule has 3 atom stereocenters. The number of alkyl halides is 3. The zero-order valence-corrected chi connectivity index (χ0v) is 28.1. The van der Waals surface area contributed by atoms with Crippen molar-refractivity contribution in [3.63, 3.8) is 0 Å². The van der Waals surface area contributed by atoms with Crippen molar-refractivity contribution in [2.75, 3.05) is 5.75 Å². The molecule has 1 aliphatic rings. The van der Waals surface area contributed by atoms with Crippen molar-refractivity contribution in [1.82, 2.24) is 10.3 Å². The number of carbonyl (C=O) groups excluding carboxylic acids is 1. The average molecular weight is 710 g/mol. The lowest BCUT2D eigenvalue weighted by molar-refractivity contribution is -0.245. The molecule has 4 aromatic carbocycles. The molecular formula is C36H31Cl3N2O5S. The van der Waals surface area contributed by atoms with E-state index in [0.717, 1.165) is 44.8 Å². The highest BCUT2D eigenvalue weighted by Crippen LogP contribution is 2.41. The normalized spacial score (nSPS) is 18.2. The van der Waals surface area contributed by atoms with E-state index in [-0.39, 0.29) is 25.4 Å². The van der Waals surface area contributed by atoms with E-state index < -0.39 is 16.0 Å². The molecule has 0 spiro atoms. The molecular weight excluding hydrogens is 679 g/mol. The molecule has 1 aromatic heterocycles. The molecule has 2 heterocycles. The molecule has 242 valence electrons. The quantitative estimate of drug-likeness (QED) is 0.111. The molecule has 0 saturated carbocycles. The number of halogens is 3. The molecule has 1 saturated heterocycles. The fraction of sp³-hybridized carbons (Fsp3) is 0.222. The van der Waals surface area contributed by atoms with Crippen molar-refractivity contribution < 1.29 is 23.8 Å². The zero-order chi connectivity index (χ0) is 32.8. The lowest BCUT2D eigenvalue weighted by Gasteiger charge is -2.36. The number of aromatic nitrogens is 1. The number of amides is 1. The number of nitrogens with zero attached hydrogens (tertiary/aromatic N) is 1. The Morgan fingerprint density at radius 2 is 1.45 bits per heavy atom. The number of carbonyl (C=O) groups is 1. The Morgan fingerprint density at radius 3 is 2.09 bits per heavy atom. The summed E-state index contributed by atoms with van der Waals surface area (Å²) in [7, 11) is 0. The van der Waals surface area contributed by atoms with E-state index in [2.05, 4.69) is 5.32 Å². The van der Waals surface area contributed by atoms with E-state index in [9.17, 15) is 9.90 Å². The van der Waals surface area contributed by atoms with Gasteiger partial charge in [-0.15, -0.1) is 0 Å². The second-order valence-corrected chi connectivity index (χ2v) is 14.2. The number of rotatable bonds is 10. The predicted molar refractivity (Wildman–Crippen MR) is 185 cm³/mol. The van der Waals surface area contributed by atoms with Gasteiger partial charge in [0.25, 0.3) is 14.9 Å². The minimum atomic E-state index is -2.03. The van der Waals surface area contributed by atoms with E-state index in [0.29, 0.717) is 17.4 Å². The highest BCUT2D eigenvalue weighted by atomic mass is 35.6. The Balaban J connectivity index is 1.21. The number of thioether (sulfide) groups is 1. The lowest BCUT2D eigenvalue weighted by atomic mass is 10.0. The van der Waals surface area contributed by atoms with Gasteiger partial charge in [0.1, 0.15) is 5.69 Å². The maximum atomic E-state index is 12.0. The standard InChI is InChI=1S/C36H31Cl3N2O5S/c37-36(38,39)34(43)40-20-23-11-17-28(18-12-23)33-44-29(19-30(45-33)25-15-13-24(21-42)14-16-25)22-47-35-41-31(26-7-3-1-4-8-26)32(46-35)27-9-5-2-6-10-27/h1-18,29-30,33,42H,19-22H2,(H,40,43)/t29-,30+,33+/m1/s1. The van der Waals surface area contributed by atoms with Crippen LogP contribution in [0.5, 0.6) is 0 Å². The molecule has 0 radical (unpaired) electrons. The minimum absolute atomic E-state index is 0.0304. The lowest BCUT2D eigenvalue weighted by Crippen LogP contribution is -2.34. The smallest absolute Gasteiger partial charge is 0.272 e. The fourth-order valence-electron chi connectivity index (χ4n) is 5.20. The Bertz CT molecular complexity index is 1710. The van der Waals surface area contributed by atoms with Crippen LogP contribution in [0.2, 0.25) is 0 Å². The largest absolute Gasteiger partial charge is 0.431 e. The van der Waals surface area contributed by atoms with Crippen LogP contribution >= 0.6 is 46.6 Å². The molecule has 0 bridgehead atoms. The van der Waals surface area contributed by atoms with E-state index in [1.807, 2.05) is 109 Å². The van der Waals surface area contributed by atoms with Crippen molar-refractivity contribution >= 4 is 52.5 Å². The molecule has 6 rings (SSSR count). The van der Waals surface area contributed by atoms with Crippen LogP contribution in [0.25, 0.3) is 22.6 Å². The second-order valence-electron chi connectivity index (χ2n) is 11.0. The molecule has 2 N–H and O–H groups in total. The Labute approximate surface area is 292 Å². The molecule has 5 aromatic rings. The fourth-order valence-corrected chi connectivity index (χ4v) is 6.24. The summed E-state index contributed by atoms with van der Waals surface area (Å²) in [6, 6.07) is 35.3. The number of benzene rings is 4. The van der Waals surface area contributed by atoms with Gasteiger partial charge in [-0.25, -0.2) is 4.98 Å². The monoisotopic (exact) mass is 708 g/mol. The Morgan fingerprint density at radius 1 is 0.830 bits per heavy atom. The summed E-state index contributed by atoms with van der Waals surface area (Å²) < 4.78 is 17.3. The molecule has 47 heavy (non-hydrogen) atoms. The van der Waals surface area contributed by atoms with E-state index >= 15 is 0 Å². The first-order valence-corrected chi connectivity index (χ1v) is 17.1. The van der Waals surface area contributed by atoms with E-state index in [4.69, 9.17) is 53.7 Å². The number of aliphatic hydroxyl groups is 1. The van der Waals surface area contributed by atoms with Crippen LogP contribution in [0, 0.1) is 0 Å². The van der Waals surface area contributed by atoms with Gasteiger partial charge in [-0.3, -0.25) is 4.79 Å². The van der Waals surface area contributed by atoms with Gasteiger partial charge in [0.05, 0.1) is 18.8 Å². The van der Waals surface area contributed by atoms with Crippen LogP contribution in [0.4, 0.5) is 0 Å². The number of aliphatic hydroxyl groups excluding tert-OH is 1. The number of hydrogen-bond acceptors (Lipinski definition) is 7. The summed E-state index contributed by atoms with van der Waals surface area (Å²) in [5, 5.41) is 12.7. The van der Waals surface area contributed by atoms with Crippen LogP contribution in [-0.2, 0) is 27.4 Å². The maximum absolute atomic E-state index is 12.0. The summed E-state index contributed by atoms with van der Waals surface area (Å²) >= 11 is 18.5. The zero-order valence-electron chi connectivity index (χ0n) is 25.0. The van der Waals surface area contributed by atoms with Crippen molar-refractivity contribution in [2.24, 2.45) is 0 Å². The van der Waals surface area contributed by atoms with Gasteiger partial charge < -0.3 is 24.3 Å². The van der Waals surface area contributed by atoms with Gasteiger partial charge in [-0.05, 0) is 16.7 Å². The third-order valence-corrected chi connectivity index (χ3v) is 9.14. The third kappa shape index (κ3) is 8.58. The summed E-state index contributed by atoms with van der Waals surface area (Å²) in [6.07, 6.45) is -0.483. The molecule has 0 unspecified atom stereocenters. The molecule has 0 aliphatic carbocycles. The minimum Gasteiger partial charge on any atom is -0.431 e. The van der Waals surface area contributed by atoms with Gasteiger partial charge in [0, 0.05) is 35.4 Å². The molecule has 1 amide bonds. The first-order valence-electron chi connectivity index (χ1n) is 15.0. The van der Waals surface area contributed by atoms with Crippen molar-refractivity contribution in [1.29, 1.82) is 0 Å².